The molecule has 0 unspecified atom stereocenters. The van der Waals surface area contributed by atoms with Crippen LogP contribution in [-0.2, 0) is 0 Å². The third-order valence-corrected chi connectivity index (χ3v) is 15.9. The van der Waals surface area contributed by atoms with E-state index in [0.29, 0.717) is 38.5 Å². The summed E-state index contributed by atoms with van der Waals surface area (Å²) in [6.07, 6.45) is 8.30. The quantitative estimate of drug-likeness (QED) is 0.259. The van der Waals surface area contributed by atoms with E-state index in [0.717, 1.165) is 41.5 Å². The molecule has 2 atom stereocenters. The summed E-state index contributed by atoms with van der Waals surface area (Å²) in [6, 6.07) is 0.737. The molecule has 0 aromatic heterocycles. The molecule has 6 aliphatic heterocycles. The van der Waals surface area contributed by atoms with Crippen LogP contribution < -0.4 is 0 Å². The van der Waals surface area contributed by atoms with Crippen LogP contribution >= 0.6 is 0 Å². The van der Waals surface area contributed by atoms with Gasteiger partial charge >= 0.3 is 0 Å². The zero-order chi connectivity index (χ0) is 58.7. The average molecular weight is 1040 g/mol. The maximum Gasteiger partial charge on any atom is 0.0125 e. The van der Waals surface area contributed by atoms with E-state index in [1.54, 1.807) is 0 Å². The van der Waals surface area contributed by atoms with E-state index in [-0.39, 0.29) is 0 Å². The van der Waals surface area contributed by atoms with Crippen molar-refractivity contribution in [2.75, 3.05) is 78.5 Å². The summed E-state index contributed by atoms with van der Waals surface area (Å²) in [5.41, 5.74) is 2.99. The van der Waals surface area contributed by atoms with Crippen LogP contribution in [0.3, 0.4) is 0 Å². The van der Waals surface area contributed by atoms with Crippen molar-refractivity contribution in [2.24, 2.45) is 46.3 Å². The summed E-state index contributed by atoms with van der Waals surface area (Å²) in [4.78, 5) is 15.4. The molecule has 6 nitrogen and oxygen atoms in total. The van der Waals surface area contributed by atoms with Gasteiger partial charge in [0, 0.05) is 73.0 Å². The summed E-state index contributed by atoms with van der Waals surface area (Å²) < 4.78 is 0. The van der Waals surface area contributed by atoms with Crippen LogP contribution in [0, 0.1) is 46.3 Å². The number of rotatable bonds is 1. The molecule has 0 aliphatic carbocycles. The van der Waals surface area contributed by atoms with Crippen LogP contribution in [0.15, 0.2) is 0 Å². The van der Waals surface area contributed by atoms with Crippen LogP contribution in [0.5, 0.6) is 0 Å². The van der Waals surface area contributed by atoms with Crippen LogP contribution in [0.1, 0.15) is 281 Å². The minimum absolute atomic E-state index is 0.364. The lowest BCUT2D eigenvalue weighted by Crippen LogP contribution is -2.54. The van der Waals surface area contributed by atoms with Crippen molar-refractivity contribution in [3.8, 4) is 0 Å². The van der Waals surface area contributed by atoms with Gasteiger partial charge < -0.3 is 4.90 Å². The molecule has 6 aliphatic rings. The summed E-state index contributed by atoms with van der Waals surface area (Å²) in [5.74, 6) is 5.55. The highest BCUT2D eigenvalue weighted by Gasteiger charge is 2.35. The van der Waals surface area contributed by atoms with Crippen LogP contribution in [0.2, 0.25) is 0 Å². The molecule has 6 heterocycles. The predicted molar refractivity (Wildman–Crippen MR) is 339 cm³/mol. The molecule has 0 aromatic rings. The monoisotopic (exact) mass is 1040 g/mol. The van der Waals surface area contributed by atoms with Gasteiger partial charge in [-0.3, -0.25) is 24.5 Å². The first-order chi connectivity index (χ1) is 33.1. The fourth-order valence-electron chi connectivity index (χ4n) is 10.3. The standard InChI is InChI=1S/C13H27N.C12H25N.2C9H19N.2C8H17N.4C2H6/c1-12(2,3)11-7-9-14(10-8-11)13(4,5)6;1-10(2)13-8-6-11(7-9-13)12(3,4)5;2*1-8-5-6-10(7-8)9(2,3)4;2*1-7-5-9(6-7)8(2,3)4;4*1-2/h11H,7-10H2,1-6H3;10-11H,6-9H2,1-5H3;2*8H,5-7H2,1-4H3;2*7H,5-6H2,1-4H3;4*1-2H3/t;;2*8-;;;;;;/m..10....../s1. The molecule has 0 aromatic carbocycles. The Morgan fingerprint density at radius 2 is 0.479 bits per heavy atom. The minimum atomic E-state index is 0.364. The van der Waals surface area contributed by atoms with Gasteiger partial charge in [-0.1, -0.05) is 125 Å². The van der Waals surface area contributed by atoms with Gasteiger partial charge in [-0.05, 0) is 242 Å². The van der Waals surface area contributed by atoms with Crippen LogP contribution in [-0.4, -0.2) is 142 Å². The van der Waals surface area contributed by atoms with Gasteiger partial charge in [0.15, 0.2) is 0 Å². The number of hydrogen-bond acceptors (Lipinski definition) is 6. The third-order valence-electron chi connectivity index (χ3n) is 15.9. The van der Waals surface area contributed by atoms with E-state index < -0.39 is 0 Å². The first kappa shape index (κ1) is 79.2. The smallest absolute Gasteiger partial charge is 0.0125 e. The number of likely N-dealkylation sites (tertiary alicyclic amines) is 6. The van der Waals surface area contributed by atoms with Gasteiger partial charge in [0.1, 0.15) is 0 Å². The zero-order valence-electron chi connectivity index (χ0n) is 58.0. The lowest BCUT2D eigenvalue weighted by Gasteiger charge is -2.46. The highest BCUT2D eigenvalue weighted by atomic mass is 15.2. The molecule has 446 valence electrons. The topological polar surface area (TPSA) is 19.4 Å². The molecule has 0 N–H and O–H groups in total. The van der Waals surface area contributed by atoms with Gasteiger partial charge in [-0.2, -0.15) is 0 Å². The van der Waals surface area contributed by atoms with Crippen LogP contribution in [0.4, 0.5) is 0 Å². The second kappa shape index (κ2) is 36.8. The highest BCUT2D eigenvalue weighted by molar-refractivity contribution is 4.89. The molecule has 0 radical (unpaired) electrons. The van der Waals surface area contributed by atoms with E-state index in [1.165, 1.54) is 117 Å². The van der Waals surface area contributed by atoms with Gasteiger partial charge in [-0.25, -0.2) is 0 Å². The number of hydrogen-bond donors (Lipinski definition) is 0. The largest absolute Gasteiger partial charge is 0.301 e. The SMILES string of the molecule is CC.CC.CC.CC.CC(C)(C)C1CCN(C(C)(C)C)CC1.CC(C)N1CCC(C(C)(C)C)CC1.CC1CN(C(C)(C)C)C1.CC1CN(C(C)(C)C)C1.C[C@@H]1CCN(C(C)(C)C)C1.C[C@H]1CCN(C(C)(C)C)C1. The van der Waals surface area contributed by atoms with Gasteiger partial charge in [0.05, 0.1) is 0 Å². The minimum Gasteiger partial charge on any atom is -0.301 e. The predicted octanol–water partition coefficient (Wildman–Crippen LogP) is 18.5. The maximum atomic E-state index is 2.62. The van der Waals surface area contributed by atoms with E-state index in [1.807, 2.05) is 55.4 Å². The van der Waals surface area contributed by atoms with E-state index in [2.05, 4.69) is 216 Å². The van der Waals surface area contributed by atoms with Crippen molar-refractivity contribution in [3.63, 3.8) is 0 Å². The fourth-order valence-corrected chi connectivity index (χ4v) is 10.3. The fraction of sp³-hybridized carbons (Fsp3) is 1.00. The maximum absolute atomic E-state index is 2.62. The normalized spacial score (nSPS) is 22.7. The molecule has 6 heteroatoms. The zero-order valence-corrected chi connectivity index (χ0v) is 58.0. The summed E-state index contributed by atoms with van der Waals surface area (Å²) >= 11 is 0. The van der Waals surface area contributed by atoms with Crippen molar-refractivity contribution >= 4 is 0 Å². The van der Waals surface area contributed by atoms with E-state index in [9.17, 15) is 0 Å². The molecular weight excluding hydrogens is 889 g/mol. The molecule has 73 heavy (non-hydrogen) atoms. The second-order valence-corrected chi connectivity index (χ2v) is 30.0. The Bertz CT molecular complexity index is 1170. The molecule has 0 bridgehead atoms. The summed E-state index contributed by atoms with van der Waals surface area (Å²) in [6.45, 7) is 94.1. The van der Waals surface area contributed by atoms with Crippen LogP contribution in [0.25, 0.3) is 0 Å². The van der Waals surface area contributed by atoms with E-state index in [4.69, 9.17) is 0 Å². The van der Waals surface area contributed by atoms with Crippen molar-refractivity contribution < 1.29 is 0 Å². The van der Waals surface area contributed by atoms with Gasteiger partial charge in [0.25, 0.3) is 0 Å². The third kappa shape index (κ3) is 35.1. The van der Waals surface area contributed by atoms with Crippen molar-refractivity contribution in [1.29, 1.82) is 0 Å². The molecule has 6 rings (SSSR count). The second-order valence-electron chi connectivity index (χ2n) is 30.0. The number of piperidine rings is 2. The first-order valence-electron chi connectivity index (χ1n) is 31.6. The summed E-state index contributed by atoms with van der Waals surface area (Å²) in [5, 5.41) is 0. The van der Waals surface area contributed by atoms with Gasteiger partial charge in [0.2, 0.25) is 0 Å². The Morgan fingerprint density at radius 3 is 0.616 bits per heavy atom. The number of nitrogens with zero attached hydrogens (tertiary/aromatic N) is 6. The molecule has 0 saturated carbocycles. The van der Waals surface area contributed by atoms with Crippen molar-refractivity contribution in [1.82, 2.24) is 29.4 Å². The van der Waals surface area contributed by atoms with Gasteiger partial charge in [-0.15, -0.1) is 0 Å². The highest BCUT2D eigenvalue weighted by Crippen LogP contribution is 2.37. The first-order valence-corrected chi connectivity index (χ1v) is 31.6. The lowest BCUT2D eigenvalue weighted by molar-refractivity contribution is 0.0224. The molecular formula is C67H148N6. The molecule has 6 saturated heterocycles. The Morgan fingerprint density at radius 1 is 0.274 bits per heavy atom. The molecule has 6 fully saturated rings. The Hall–Kier alpha value is -0.240. The Labute approximate surface area is 466 Å². The average Bonchev–Trinajstić information content (AvgIpc) is 3.93. The van der Waals surface area contributed by atoms with Crippen molar-refractivity contribution in [3.05, 3.63) is 0 Å². The van der Waals surface area contributed by atoms with E-state index >= 15 is 0 Å². The molecule has 0 spiro atoms. The summed E-state index contributed by atoms with van der Waals surface area (Å²) in [7, 11) is 0. The molecule has 0 amide bonds. The Kier molecular flexibility index (Phi) is 40.0. The lowest BCUT2D eigenvalue weighted by atomic mass is 9.75. The Balaban J connectivity index is -0.000000383. The van der Waals surface area contributed by atoms with Crippen molar-refractivity contribution in [2.45, 2.75) is 315 Å².